The second kappa shape index (κ2) is 9.02. The van der Waals surface area contributed by atoms with Crippen molar-refractivity contribution in [2.45, 2.75) is 38.6 Å². The number of likely N-dealkylation sites (tertiary alicyclic amines) is 1. The molecule has 2 N–H and O–H groups in total. The Balaban J connectivity index is 1.49. The van der Waals surface area contributed by atoms with Gasteiger partial charge in [-0.1, -0.05) is 25.0 Å². The van der Waals surface area contributed by atoms with Gasteiger partial charge in [0.25, 0.3) is 5.91 Å². The summed E-state index contributed by atoms with van der Waals surface area (Å²) >= 11 is 0. The van der Waals surface area contributed by atoms with E-state index in [1.807, 2.05) is 5.32 Å². The van der Waals surface area contributed by atoms with Crippen LogP contribution in [-0.2, 0) is 23.9 Å². The van der Waals surface area contributed by atoms with Gasteiger partial charge >= 0.3 is 12.0 Å². The predicted molar refractivity (Wildman–Crippen MR) is 101 cm³/mol. The molecule has 9 nitrogen and oxygen atoms in total. The second-order valence-electron chi connectivity index (χ2n) is 7.31. The molecule has 1 aromatic carbocycles. The summed E-state index contributed by atoms with van der Waals surface area (Å²) in [5.41, 5.74) is -0.124. The molecule has 5 amide bonds. The third-order valence-corrected chi connectivity index (χ3v) is 5.32. The molecule has 0 bridgehead atoms. The molecular weight excluding hydrogens is 397 g/mol. The lowest BCUT2D eigenvalue weighted by Gasteiger charge is -2.21. The van der Waals surface area contributed by atoms with Crippen molar-refractivity contribution in [3.63, 3.8) is 0 Å². The van der Waals surface area contributed by atoms with E-state index in [2.05, 4.69) is 5.32 Å². The molecule has 3 atom stereocenters. The summed E-state index contributed by atoms with van der Waals surface area (Å²) in [7, 11) is 0. The zero-order valence-corrected chi connectivity index (χ0v) is 16.4. The van der Waals surface area contributed by atoms with E-state index >= 15 is 0 Å². The van der Waals surface area contributed by atoms with Gasteiger partial charge < -0.3 is 10.1 Å². The van der Waals surface area contributed by atoms with Crippen LogP contribution in [0.3, 0.4) is 0 Å². The Morgan fingerprint density at radius 1 is 1.13 bits per heavy atom. The molecule has 0 spiro atoms. The van der Waals surface area contributed by atoms with Crippen LogP contribution in [0.2, 0.25) is 0 Å². The molecule has 1 saturated carbocycles. The number of benzene rings is 1. The lowest BCUT2D eigenvalue weighted by Crippen LogP contribution is -2.45. The van der Waals surface area contributed by atoms with Crippen molar-refractivity contribution in [2.75, 3.05) is 11.9 Å². The van der Waals surface area contributed by atoms with E-state index in [0.717, 1.165) is 23.8 Å². The Bertz CT molecular complexity index is 865. The first-order chi connectivity index (χ1) is 14.3. The number of carbonyl (C=O) groups is 5. The van der Waals surface area contributed by atoms with Crippen molar-refractivity contribution in [1.29, 1.82) is 0 Å². The van der Waals surface area contributed by atoms with E-state index in [1.165, 1.54) is 25.1 Å². The zero-order chi connectivity index (χ0) is 21.8. The van der Waals surface area contributed by atoms with E-state index in [9.17, 15) is 28.4 Å². The van der Waals surface area contributed by atoms with Crippen LogP contribution in [-0.4, -0.2) is 47.3 Å². The first kappa shape index (κ1) is 21.4. The van der Waals surface area contributed by atoms with Gasteiger partial charge in [0.05, 0.1) is 17.5 Å². The van der Waals surface area contributed by atoms with Gasteiger partial charge in [-0.15, -0.1) is 0 Å². The van der Waals surface area contributed by atoms with Gasteiger partial charge in [-0.3, -0.25) is 24.6 Å². The number of imide groups is 2. The number of urea groups is 1. The minimum absolute atomic E-state index is 0.124. The fourth-order valence-corrected chi connectivity index (χ4v) is 3.81. The molecular formula is C20H22FN3O6. The topological polar surface area (TPSA) is 122 Å². The Labute approximate surface area is 171 Å². The SMILES string of the molecule is C[C@@H](C(=O)OCC(=O)NC(=O)Nc1ccccc1F)N1C(=O)[C@H]2CCCC[C@@H]2C1=O. The number of fused-ring (bicyclic) bond motifs is 1. The van der Waals surface area contributed by atoms with Crippen LogP contribution in [0.15, 0.2) is 24.3 Å². The minimum Gasteiger partial charge on any atom is -0.454 e. The zero-order valence-electron chi connectivity index (χ0n) is 16.4. The molecule has 1 aliphatic heterocycles. The normalized spacial score (nSPS) is 21.6. The fourth-order valence-electron chi connectivity index (χ4n) is 3.81. The molecule has 160 valence electrons. The second-order valence-corrected chi connectivity index (χ2v) is 7.31. The van der Waals surface area contributed by atoms with Crippen molar-refractivity contribution in [3.8, 4) is 0 Å². The molecule has 30 heavy (non-hydrogen) atoms. The Morgan fingerprint density at radius 3 is 2.33 bits per heavy atom. The third kappa shape index (κ3) is 4.47. The van der Waals surface area contributed by atoms with Crippen molar-refractivity contribution in [3.05, 3.63) is 30.1 Å². The number of hydrogen-bond donors (Lipinski definition) is 2. The molecule has 0 aromatic heterocycles. The highest BCUT2D eigenvalue weighted by Gasteiger charge is 2.51. The van der Waals surface area contributed by atoms with Crippen molar-refractivity contribution >= 4 is 35.4 Å². The monoisotopic (exact) mass is 419 g/mol. The van der Waals surface area contributed by atoms with E-state index in [4.69, 9.17) is 4.74 Å². The first-order valence-electron chi connectivity index (χ1n) is 9.68. The van der Waals surface area contributed by atoms with Gasteiger partial charge in [0.1, 0.15) is 11.9 Å². The standard InChI is InChI=1S/C20H22FN3O6/c1-11(24-17(26)12-6-2-3-7-13(12)18(24)27)19(28)30-10-16(25)23-20(29)22-15-9-5-4-8-14(15)21/h4-5,8-9,11-13H,2-3,6-7,10H2,1H3,(H2,22,23,25,29)/t11-,12-,13-/m0/s1. The Morgan fingerprint density at radius 2 is 1.73 bits per heavy atom. The van der Waals surface area contributed by atoms with Gasteiger partial charge in [0, 0.05) is 0 Å². The summed E-state index contributed by atoms with van der Waals surface area (Å²) in [6.07, 6.45) is 2.96. The van der Waals surface area contributed by atoms with E-state index in [0.29, 0.717) is 12.8 Å². The average molecular weight is 419 g/mol. The summed E-state index contributed by atoms with van der Waals surface area (Å²) in [6.45, 7) is 0.565. The lowest BCUT2D eigenvalue weighted by molar-refractivity contribution is -0.159. The van der Waals surface area contributed by atoms with Crippen LogP contribution in [0.25, 0.3) is 0 Å². The number of ether oxygens (including phenoxy) is 1. The number of amides is 5. The summed E-state index contributed by atoms with van der Waals surface area (Å²) in [4.78, 5) is 61.8. The number of nitrogens with one attached hydrogen (secondary N) is 2. The number of anilines is 1. The van der Waals surface area contributed by atoms with Crippen molar-refractivity contribution in [2.24, 2.45) is 11.8 Å². The molecule has 1 aromatic rings. The highest BCUT2D eigenvalue weighted by molar-refractivity contribution is 6.08. The van der Waals surface area contributed by atoms with Crippen LogP contribution >= 0.6 is 0 Å². The van der Waals surface area contributed by atoms with Crippen LogP contribution in [0.1, 0.15) is 32.6 Å². The van der Waals surface area contributed by atoms with Gasteiger partial charge in [0.2, 0.25) is 11.8 Å². The first-order valence-corrected chi connectivity index (χ1v) is 9.68. The number of hydrogen-bond acceptors (Lipinski definition) is 6. The molecule has 2 fully saturated rings. The number of carbonyl (C=O) groups excluding carboxylic acids is 5. The largest absolute Gasteiger partial charge is 0.454 e. The minimum atomic E-state index is -1.17. The fraction of sp³-hybridized carbons (Fsp3) is 0.450. The number of rotatable bonds is 5. The molecule has 1 heterocycles. The summed E-state index contributed by atoms with van der Waals surface area (Å²) < 4.78 is 18.3. The maximum atomic E-state index is 13.5. The van der Waals surface area contributed by atoms with Crippen LogP contribution in [0.4, 0.5) is 14.9 Å². The Hall–Kier alpha value is -3.30. The molecule has 0 radical (unpaired) electrons. The number of nitrogens with zero attached hydrogens (tertiary/aromatic N) is 1. The van der Waals surface area contributed by atoms with Gasteiger partial charge in [-0.25, -0.2) is 14.0 Å². The number of para-hydroxylation sites is 1. The van der Waals surface area contributed by atoms with Crippen molar-refractivity contribution < 1.29 is 33.1 Å². The van der Waals surface area contributed by atoms with E-state index in [1.54, 1.807) is 0 Å². The highest BCUT2D eigenvalue weighted by Crippen LogP contribution is 2.38. The van der Waals surface area contributed by atoms with Crippen molar-refractivity contribution in [1.82, 2.24) is 10.2 Å². The van der Waals surface area contributed by atoms with Crippen LogP contribution < -0.4 is 10.6 Å². The van der Waals surface area contributed by atoms with E-state index < -0.39 is 48.2 Å². The average Bonchev–Trinajstić information content (AvgIpc) is 2.98. The van der Waals surface area contributed by atoms with Crippen LogP contribution in [0, 0.1) is 17.7 Å². The molecule has 1 aliphatic carbocycles. The molecule has 2 aliphatic rings. The van der Waals surface area contributed by atoms with Gasteiger partial charge in [-0.05, 0) is 31.9 Å². The van der Waals surface area contributed by atoms with Crippen LogP contribution in [0.5, 0.6) is 0 Å². The third-order valence-electron chi connectivity index (χ3n) is 5.32. The molecule has 3 rings (SSSR count). The Kier molecular flexibility index (Phi) is 6.43. The molecule has 0 unspecified atom stereocenters. The maximum Gasteiger partial charge on any atom is 0.329 e. The number of esters is 1. The summed E-state index contributed by atoms with van der Waals surface area (Å²) in [6, 6.07) is 3.22. The van der Waals surface area contributed by atoms with Gasteiger partial charge in [0.15, 0.2) is 6.61 Å². The van der Waals surface area contributed by atoms with Gasteiger partial charge in [-0.2, -0.15) is 0 Å². The maximum absolute atomic E-state index is 13.5. The lowest BCUT2D eigenvalue weighted by atomic mass is 9.81. The number of halogens is 1. The highest BCUT2D eigenvalue weighted by atomic mass is 19.1. The summed E-state index contributed by atoms with van der Waals surface area (Å²) in [5, 5.41) is 4.05. The molecule has 10 heteroatoms. The quantitative estimate of drug-likeness (QED) is 0.552. The molecule has 1 saturated heterocycles. The van der Waals surface area contributed by atoms with E-state index in [-0.39, 0.29) is 17.5 Å². The smallest absolute Gasteiger partial charge is 0.329 e. The predicted octanol–water partition coefficient (Wildman–Crippen LogP) is 1.58. The summed E-state index contributed by atoms with van der Waals surface area (Å²) in [5.74, 6) is -4.12.